The van der Waals surface area contributed by atoms with Crippen molar-refractivity contribution in [1.82, 2.24) is 5.32 Å². The summed E-state index contributed by atoms with van der Waals surface area (Å²) in [7, 11) is -0.606. The lowest BCUT2D eigenvalue weighted by Crippen LogP contribution is -2.56. The van der Waals surface area contributed by atoms with Gasteiger partial charge in [0.1, 0.15) is 12.4 Å². The van der Waals surface area contributed by atoms with E-state index in [9.17, 15) is 14.7 Å². The molecule has 1 aliphatic rings. The smallest absolute Gasteiger partial charge is 0.308 e. The van der Waals surface area contributed by atoms with Gasteiger partial charge in [0.05, 0.1) is 57.7 Å². The molecule has 0 bridgehead atoms. The Labute approximate surface area is 241 Å². The standard InChI is InChI=1S/C30H51NO8Si/c1-9-37-30(34)16-25-14-26(39-40(20(2)3,21(4)5)22(6)7)15-28(38-25)27(17-32)31-29(33)19-36-18-23-10-12-24(35-8)13-11-23/h10-13,20-22,25-28,32H,9,14-19H2,1-8H3,(H,31,33)/t25-,26+,27-,28+/m0/s1. The number of aliphatic hydroxyl groups is 1. The zero-order valence-electron chi connectivity index (χ0n) is 25.6. The first-order valence-corrected chi connectivity index (χ1v) is 16.7. The lowest BCUT2D eigenvalue weighted by molar-refractivity contribution is -0.155. The van der Waals surface area contributed by atoms with E-state index < -0.39 is 26.6 Å². The number of rotatable bonds is 16. The van der Waals surface area contributed by atoms with Gasteiger partial charge in [-0.05, 0) is 47.7 Å². The highest BCUT2D eigenvalue weighted by molar-refractivity contribution is 6.77. The number of aliphatic hydroxyl groups excluding tert-OH is 1. The molecule has 2 rings (SSSR count). The molecule has 0 radical (unpaired) electrons. The number of methoxy groups -OCH3 is 1. The van der Waals surface area contributed by atoms with Crippen LogP contribution < -0.4 is 10.1 Å². The zero-order chi connectivity index (χ0) is 29.9. The summed E-state index contributed by atoms with van der Waals surface area (Å²) in [6, 6.07) is 6.76. The first-order chi connectivity index (χ1) is 19.0. The van der Waals surface area contributed by atoms with Crippen LogP contribution in [0, 0.1) is 0 Å². The van der Waals surface area contributed by atoms with E-state index in [4.69, 9.17) is 23.4 Å². The van der Waals surface area contributed by atoms with Gasteiger partial charge in [-0.2, -0.15) is 0 Å². The van der Waals surface area contributed by atoms with Crippen molar-refractivity contribution in [2.45, 2.75) is 115 Å². The van der Waals surface area contributed by atoms with Crippen molar-refractivity contribution < 1.29 is 38.1 Å². The fourth-order valence-electron chi connectivity index (χ4n) is 6.08. The third-order valence-corrected chi connectivity index (χ3v) is 14.0. The van der Waals surface area contributed by atoms with Crippen molar-refractivity contribution in [3.63, 3.8) is 0 Å². The molecule has 1 fully saturated rings. The third kappa shape index (κ3) is 9.55. The van der Waals surface area contributed by atoms with Crippen LogP contribution in [0.1, 0.15) is 73.3 Å². The van der Waals surface area contributed by atoms with E-state index in [1.165, 1.54) is 0 Å². The molecular formula is C30H51NO8Si. The van der Waals surface area contributed by atoms with Crippen LogP contribution in [0.2, 0.25) is 16.6 Å². The molecular weight excluding hydrogens is 530 g/mol. The molecule has 0 aliphatic carbocycles. The predicted octanol–water partition coefficient (Wildman–Crippen LogP) is 4.75. The summed E-state index contributed by atoms with van der Waals surface area (Å²) in [6.45, 7) is 15.3. The average molecular weight is 582 g/mol. The summed E-state index contributed by atoms with van der Waals surface area (Å²) >= 11 is 0. The maximum absolute atomic E-state index is 12.7. The Bertz CT molecular complexity index is 886. The Kier molecular flexibility index (Phi) is 14.1. The van der Waals surface area contributed by atoms with Crippen LogP contribution >= 0.6 is 0 Å². The van der Waals surface area contributed by atoms with E-state index in [1.807, 2.05) is 24.3 Å². The van der Waals surface area contributed by atoms with E-state index in [1.54, 1.807) is 14.0 Å². The number of hydrogen-bond donors (Lipinski definition) is 2. The van der Waals surface area contributed by atoms with Crippen molar-refractivity contribution in [1.29, 1.82) is 0 Å². The minimum Gasteiger partial charge on any atom is -0.497 e. The summed E-state index contributed by atoms with van der Waals surface area (Å²) in [6.07, 6.45) is 0.0616. The lowest BCUT2D eigenvalue weighted by atomic mass is 9.95. The molecule has 4 atom stereocenters. The van der Waals surface area contributed by atoms with Gasteiger partial charge < -0.3 is 33.8 Å². The third-order valence-electron chi connectivity index (χ3n) is 7.82. The van der Waals surface area contributed by atoms with Crippen LogP contribution in [-0.2, 0) is 34.8 Å². The van der Waals surface area contributed by atoms with Crippen LogP contribution in [0.4, 0.5) is 0 Å². The minimum absolute atomic E-state index is 0.0981. The van der Waals surface area contributed by atoms with E-state index in [0.29, 0.717) is 36.1 Å². The van der Waals surface area contributed by atoms with Gasteiger partial charge in [-0.3, -0.25) is 9.59 Å². The SMILES string of the molecule is CCOC(=O)C[C@@H]1C[C@@H](O[Si](C(C)C)(C(C)C)C(C)C)C[C@H]([C@H](CO)NC(=O)COCc2ccc(OC)cc2)O1. The summed E-state index contributed by atoms with van der Waals surface area (Å²) in [4.78, 5) is 25.1. The topological polar surface area (TPSA) is 113 Å². The van der Waals surface area contributed by atoms with Gasteiger partial charge in [0.15, 0.2) is 0 Å². The molecule has 1 amide bonds. The highest BCUT2D eigenvalue weighted by atomic mass is 28.4. The lowest BCUT2D eigenvalue weighted by Gasteiger charge is -2.47. The number of amides is 1. The molecule has 0 aromatic heterocycles. The van der Waals surface area contributed by atoms with Crippen molar-refractivity contribution >= 4 is 20.2 Å². The first kappa shape index (κ1) is 34.2. The number of hydrogen-bond acceptors (Lipinski definition) is 8. The van der Waals surface area contributed by atoms with Crippen molar-refractivity contribution in [3.05, 3.63) is 29.8 Å². The second-order valence-electron chi connectivity index (χ2n) is 11.5. The number of ether oxygens (including phenoxy) is 4. The van der Waals surface area contributed by atoms with Gasteiger partial charge in [0.2, 0.25) is 14.2 Å². The van der Waals surface area contributed by atoms with Crippen molar-refractivity contribution in [2.24, 2.45) is 0 Å². The van der Waals surface area contributed by atoms with Gasteiger partial charge in [-0.15, -0.1) is 0 Å². The van der Waals surface area contributed by atoms with Crippen LogP contribution in [0.25, 0.3) is 0 Å². The molecule has 10 heteroatoms. The predicted molar refractivity (Wildman–Crippen MR) is 157 cm³/mol. The second-order valence-corrected chi connectivity index (χ2v) is 16.9. The summed E-state index contributed by atoms with van der Waals surface area (Å²) in [5.74, 6) is 0.0679. The quantitative estimate of drug-likeness (QED) is 0.213. The molecule has 0 unspecified atom stereocenters. The van der Waals surface area contributed by atoms with E-state index in [0.717, 1.165) is 11.3 Å². The maximum Gasteiger partial charge on any atom is 0.308 e. The molecule has 0 spiro atoms. The second kappa shape index (κ2) is 16.5. The Hall–Kier alpha value is -1.98. The monoisotopic (exact) mass is 581 g/mol. The molecule has 2 N–H and O–H groups in total. The Morgan fingerprint density at radius 2 is 1.68 bits per heavy atom. The Balaban J connectivity index is 2.11. The fraction of sp³-hybridized carbons (Fsp3) is 0.733. The van der Waals surface area contributed by atoms with Crippen molar-refractivity contribution in [3.8, 4) is 5.75 Å². The fourth-order valence-corrected chi connectivity index (χ4v) is 11.7. The number of nitrogens with one attached hydrogen (secondary N) is 1. The Morgan fingerprint density at radius 1 is 1.05 bits per heavy atom. The summed E-state index contributed by atoms with van der Waals surface area (Å²) < 4.78 is 29.3. The number of carbonyl (C=O) groups excluding carboxylic acids is 2. The summed E-state index contributed by atoms with van der Waals surface area (Å²) in [5, 5.41) is 13.1. The van der Waals surface area contributed by atoms with Gasteiger partial charge in [-0.1, -0.05) is 53.7 Å². The number of carbonyl (C=O) groups is 2. The molecule has 0 saturated carbocycles. The van der Waals surface area contributed by atoms with Crippen LogP contribution in [0.15, 0.2) is 24.3 Å². The Morgan fingerprint density at radius 3 is 2.20 bits per heavy atom. The van der Waals surface area contributed by atoms with Gasteiger partial charge in [-0.25, -0.2) is 0 Å². The first-order valence-electron chi connectivity index (χ1n) is 14.6. The molecule has 40 heavy (non-hydrogen) atoms. The van der Waals surface area contributed by atoms with Crippen LogP contribution in [0.3, 0.4) is 0 Å². The van der Waals surface area contributed by atoms with Gasteiger partial charge in [0.25, 0.3) is 0 Å². The van der Waals surface area contributed by atoms with Crippen molar-refractivity contribution in [2.75, 3.05) is 26.9 Å². The largest absolute Gasteiger partial charge is 0.497 e. The van der Waals surface area contributed by atoms with Gasteiger partial charge in [0, 0.05) is 6.42 Å². The van der Waals surface area contributed by atoms with Gasteiger partial charge >= 0.3 is 5.97 Å². The van der Waals surface area contributed by atoms with Crippen LogP contribution in [-0.4, -0.2) is 76.6 Å². The highest BCUT2D eigenvalue weighted by Crippen LogP contribution is 2.44. The van der Waals surface area contributed by atoms with E-state index in [2.05, 4.69) is 46.9 Å². The molecule has 1 aromatic rings. The minimum atomic E-state index is -2.21. The van der Waals surface area contributed by atoms with Crippen LogP contribution in [0.5, 0.6) is 5.75 Å². The highest BCUT2D eigenvalue weighted by Gasteiger charge is 2.48. The van der Waals surface area contributed by atoms with E-state index >= 15 is 0 Å². The number of benzene rings is 1. The number of esters is 1. The normalized spacial score (nSPS) is 20.6. The molecule has 228 valence electrons. The molecule has 9 nitrogen and oxygen atoms in total. The summed E-state index contributed by atoms with van der Waals surface area (Å²) in [5.41, 5.74) is 2.10. The molecule has 1 saturated heterocycles. The zero-order valence-corrected chi connectivity index (χ0v) is 26.6. The molecule has 1 aliphatic heterocycles. The average Bonchev–Trinajstić information content (AvgIpc) is 2.90. The molecule has 1 heterocycles. The maximum atomic E-state index is 12.7. The molecule has 1 aromatic carbocycles. The van der Waals surface area contributed by atoms with E-state index in [-0.39, 0.29) is 44.2 Å².